The van der Waals surface area contributed by atoms with Gasteiger partial charge in [0.05, 0.1) is 23.0 Å². The largest absolute Gasteiger partial charge is 0.339 e. The van der Waals surface area contributed by atoms with E-state index in [1.165, 1.54) is 18.2 Å². The zero-order chi connectivity index (χ0) is 18.6. The lowest BCUT2D eigenvalue weighted by atomic mass is 10.0. The first-order valence-electron chi connectivity index (χ1n) is 9.44. The van der Waals surface area contributed by atoms with Gasteiger partial charge in [0, 0.05) is 12.6 Å². The maximum absolute atomic E-state index is 12.7. The molecule has 140 valence electrons. The van der Waals surface area contributed by atoms with Gasteiger partial charge < -0.3 is 4.90 Å². The second kappa shape index (κ2) is 8.08. The Labute approximate surface area is 163 Å². The van der Waals surface area contributed by atoms with Crippen LogP contribution in [-0.4, -0.2) is 48.9 Å². The zero-order valence-corrected chi connectivity index (χ0v) is 16.2. The molecule has 0 saturated carbocycles. The highest BCUT2D eigenvalue weighted by Crippen LogP contribution is 2.27. The number of rotatable bonds is 5. The van der Waals surface area contributed by atoms with Crippen LogP contribution in [0.2, 0.25) is 0 Å². The number of hydrogen-bond donors (Lipinski definition) is 0. The van der Waals surface area contributed by atoms with Crippen LogP contribution in [0.25, 0.3) is 16.7 Å². The molecule has 3 aromatic rings. The van der Waals surface area contributed by atoms with Crippen molar-refractivity contribution in [2.75, 3.05) is 12.3 Å². The standard InChI is InChI=1S/C20H23N5OS/c1-2-15-8-6-7-11-24(15)18(26)13-27-20-17-12-23-25(19(17)21-14-22-20)16-9-4-3-5-10-16/h3-5,9-10,12,14-15H,2,6-8,11,13H2,1H3. The fourth-order valence-electron chi connectivity index (χ4n) is 3.66. The Bertz CT molecular complexity index is 927. The minimum atomic E-state index is 0.203. The molecule has 1 fully saturated rings. The summed E-state index contributed by atoms with van der Waals surface area (Å²) in [5.74, 6) is 0.604. The molecule has 6 nitrogen and oxygen atoms in total. The molecule has 27 heavy (non-hydrogen) atoms. The van der Waals surface area contributed by atoms with Gasteiger partial charge in [-0.3, -0.25) is 4.79 Å². The second-order valence-electron chi connectivity index (χ2n) is 6.74. The zero-order valence-electron chi connectivity index (χ0n) is 15.4. The van der Waals surface area contributed by atoms with Gasteiger partial charge in [-0.25, -0.2) is 14.6 Å². The Hall–Kier alpha value is -2.41. The molecule has 0 radical (unpaired) electrons. The van der Waals surface area contributed by atoms with Crippen LogP contribution in [0, 0.1) is 0 Å². The molecule has 3 heterocycles. The summed E-state index contributed by atoms with van der Waals surface area (Å²) in [6.07, 6.45) is 7.80. The minimum Gasteiger partial charge on any atom is -0.339 e. The van der Waals surface area contributed by atoms with Crippen LogP contribution in [0.4, 0.5) is 0 Å². The summed E-state index contributed by atoms with van der Waals surface area (Å²) in [5, 5.41) is 6.16. The van der Waals surface area contributed by atoms with Gasteiger partial charge in [0.25, 0.3) is 0 Å². The van der Waals surface area contributed by atoms with Gasteiger partial charge in [-0.2, -0.15) is 5.10 Å². The van der Waals surface area contributed by atoms with Crippen molar-refractivity contribution in [2.45, 2.75) is 43.7 Å². The van der Waals surface area contributed by atoms with Gasteiger partial charge in [-0.15, -0.1) is 0 Å². The molecule has 2 aromatic heterocycles. The normalized spacial score (nSPS) is 17.4. The lowest BCUT2D eigenvalue weighted by molar-refractivity contribution is -0.132. The average molecular weight is 382 g/mol. The van der Waals surface area contributed by atoms with Crippen molar-refractivity contribution < 1.29 is 4.79 Å². The lowest BCUT2D eigenvalue weighted by Gasteiger charge is -2.35. The van der Waals surface area contributed by atoms with Crippen molar-refractivity contribution in [3.63, 3.8) is 0 Å². The molecule has 1 saturated heterocycles. The summed E-state index contributed by atoms with van der Waals surface area (Å²) in [5.41, 5.74) is 1.72. The molecule has 1 amide bonds. The minimum absolute atomic E-state index is 0.203. The third-order valence-electron chi connectivity index (χ3n) is 5.08. The topological polar surface area (TPSA) is 63.9 Å². The van der Waals surface area contributed by atoms with E-state index in [1.54, 1.807) is 17.2 Å². The average Bonchev–Trinajstić information content (AvgIpc) is 3.17. The van der Waals surface area contributed by atoms with Gasteiger partial charge in [0.15, 0.2) is 5.65 Å². The first kappa shape index (κ1) is 18.0. The first-order valence-corrected chi connectivity index (χ1v) is 10.4. The highest BCUT2D eigenvalue weighted by molar-refractivity contribution is 8.00. The van der Waals surface area contributed by atoms with Crippen molar-refractivity contribution >= 4 is 28.7 Å². The van der Waals surface area contributed by atoms with E-state index in [0.717, 1.165) is 47.6 Å². The van der Waals surface area contributed by atoms with E-state index >= 15 is 0 Å². The van der Waals surface area contributed by atoms with Crippen LogP contribution in [0.15, 0.2) is 47.9 Å². The predicted octanol–water partition coefficient (Wildman–Crippen LogP) is 3.70. The summed E-state index contributed by atoms with van der Waals surface area (Å²) < 4.78 is 1.81. The number of nitrogens with zero attached hydrogens (tertiary/aromatic N) is 5. The molecule has 7 heteroatoms. The highest BCUT2D eigenvalue weighted by Gasteiger charge is 2.25. The number of carbonyl (C=O) groups is 1. The maximum atomic E-state index is 12.7. The summed E-state index contributed by atoms with van der Waals surface area (Å²) in [7, 11) is 0. The fourth-order valence-corrected chi connectivity index (χ4v) is 4.51. The Kier molecular flexibility index (Phi) is 5.38. The molecule has 1 aliphatic heterocycles. The van der Waals surface area contributed by atoms with Gasteiger partial charge in [0.1, 0.15) is 11.4 Å². The van der Waals surface area contributed by atoms with Gasteiger partial charge in [0.2, 0.25) is 5.91 Å². The molecule has 0 N–H and O–H groups in total. The second-order valence-corrected chi connectivity index (χ2v) is 7.71. The van der Waals surface area contributed by atoms with Crippen LogP contribution in [0.3, 0.4) is 0 Å². The van der Waals surface area contributed by atoms with E-state index in [-0.39, 0.29) is 5.91 Å². The third-order valence-corrected chi connectivity index (χ3v) is 6.07. The molecular weight excluding hydrogens is 358 g/mol. The van der Waals surface area contributed by atoms with Crippen LogP contribution < -0.4 is 0 Å². The quantitative estimate of drug-likeness (QED) is 0.498. The number of fused-ring (bicyclic) bond motifs is 1. The summed E-state index contributed by atoms with van der Waals surface area (Å²) in [4.78, 5) is 23.6. The van der Waals surface area contributed by atoms with Crippen molar-refractivity contribution in [2.24, 2.45) is 0 Å². The molecule has 0 aliphatic carbocycles. The number of likely N-dealkylation sites (tertiary alicyclic amines) is 1. The molecule has 1 atom stereocenters. The van der Waals surface area contributed by atoms with E-state index in [2.05, 4.69) is 26.9 Å². The number of thioether (sulfide) groups is 1. The van der Waals surface area contributed by atoms with Crippen molar-refractivity contribution in [3.8, 4) is 5.69 Å². The number of aromatic nitrogens is 4. The molecule has 4 rings (SSSR count). The SMILES string of the molecule is CCC1CCCCN1C(=O)CSc1ncnc2c1cnn2-c1ccccc1. The number of carbonyl (C=O) groups excluding carboxylic acids is 1. The van der Waals surface area contributed by atoms with Crippen LogP contribution in [-0.2, 0) is 4.79 Å². The van der Waals surface area contributed by atoms with E-state index in [1.807, 2.05) is 30.3 Å². The van der Waals surface area contributed by atoms with Crippen LogP contribution in [0.1, 0.15) is 32.6 Å². The monoisotopic (exact) mass is 381 g/mol. The maximum Gasteiger partial charge on any atom is 0.233 e. The van der Waals surface area contributed by atoms with Gasteiger partial charge in [-0.05, 0) is 37.8 Å². The number of amides is 1. The molecule has 1 aliphatic rings. The summed E-state index contributed by atoms with van der Waals surface area (Å²) in [6.45, 7) is 3.04. The lowest BCUT2D eigenvalue weighted by Crippen LogP contribution is -2.44. The molecule has 0 spiro atoms. The van der Waals surface area contributed by atoms with Gasteiger partial charge >= 0.3 is 0 Å². The van der Waals surface area contributed by atoms with E-state index in [0.29, 0.717) is 11.8 Å². The fraction of sp³-hybridized carbons (Fsp3) is 0.400. The first-order chi connectivity index (χ1) is 13.3. The van der Waals surface area contributed by atoms with Gasteiger partial charge in [-0.1, -0.05) is 36.9 Å². The Morgan fingerprint density at radius 2 is 2.07 bits per heavy atom. The van der Waals surface area contributed by atoms with E-state index < -0.39 is 0 Å². The highest BCUT2D eigenvalue weighted by atomic mass is 32.2. The van der Waals surface area contributed by atoms with Crippen molar-refractivity contribution in [1.29, 1.82) is 0 Å². The summed E-state index contributed by atoms with van der Waals surface area (Å²) in [6, 6.07) is 10.3. The number of piperidine rings is 1. The van der Waals surface area contributed by atoms with Crippen molar-refractivity contribution in [3.05, 3.63) is 42.9 Å². The van der Waals surface area contributed by atoms with E-state index in [4.69, 9.17) is 0 Å². The smallest absolute Gasteiger partial charge is 0.233 e. The van der Waals surface area contributed by atoms with Crippen LogP contribution in [0.5, 0.6) is 0 Å². The van der Waals surface area contributed by atoms with Crippen molar-refractivity contribution in [1.82, 2.24) is 24.6 Å². The summed E-state index contributed by atoms with van der Waals surface area (Å²) >= 11 is 1.48. The Morgan fingerprint density at radius 3 is 2.89 bits per heavy atom. The predicted molar refractivity (Wildman–Crippen MR) is 107 cm³/mol. The molecule has 1 unspecified atom stereocenters. The number of hydrogen-bond acceptors (Lipinski definition) is 5. The third kappa shape index (κ3) is 3.69. The molecule has 0 bridgehead atoms. The molecule has 1 aromatic carbocycles. The molecular formula is C20H23N5OS. The van der Waals surface area contributed by atoms with Crippen LogP contribution >= 0.6 is 11.8 Å². The van der Waals surface area contributed by atoms with E-state index in [9.17, 15) is 4.79 Å². The Balaban J connectivity index is 1.53. The Morgan fingerprint density at radius 1 is 1.22 bits per heavy atom. The number of para-hydroxylation sites is 1. The number of benzene rings is 1.